The molecule has 0 radical (unpaired) electrons. The first-order valence-electron chi connectivity index (χ1n) is 9.74. The van der Waals surface area contributed by atoms with E-state index in [-0.39, 0.29) is 24.5 Å². The Morgan fingerprint density at radius 1 is 1.07 bits per heavy atom. The van der Waals surface area contributed by atoms with Crippen LogP contribution >= 0.6 is 15.9 Å². The number of nitrogens with one attached hydrogen (secondary N) is 1. The van der Waals surface area contributed by atoms with Crippen molar-refractivity contribution in [3.05, 3.63) is 52.8 Å². The van der Waals surface area contributed by atoms with Crippen molar-refractivity contribution in [3.63, 3.8) is 0 Å². The number of carbonyl (C=O) groups excluding carboxylic acids is 2. The molecule has 0 aliphatic heterocycles. The van der Waals surface area contributed by atoms with Crippen LogP contribution in [0.4, 0.5) is 10.5 Å². The monoisotopic (exact) mass is 444 g/mol. The van der Waals surface area contributed by atoms with Crippen molar-refractivity contribution in [2.45, 2.75) is 44.3 Å². The van der Waals surface area contributed by atoms with Gasteiger partial charge in [-0.1, -0.05) is 15.9 Å². The Hall–Kier alpha value is -2.28. The Labute approximate surface area is 173 Å². The lowest BCUT2D eigenvalue weighted by molar-refractivity contribution is -0.133. The van der Waals surface area contributed by atoms with E-state index in [0.717, 1.165) is 41.5 Å². The van der Waals surface area contributed by atoms with Gasteiger partial charge in [-0.2, -0.15) is 0 Å². The van der Waals surface area contributed by atoms with Crippen molar-refractivity contribution >= 4 is 33.6 Å². The first kappa shape index (κ1) is 19.1. The Bertz CT molecular complexity index is 856. The molecule has 0 bridgehead atoms. The Morgan fingerprint density at radius 2 is 1.71 bits per heavy atom. The molecular formula is C21H25BrN4O2. The first-order valence-corrected chi connectivity index (χ1v) is 10.5. The predicted molar refractivity (Wildman–Crippen MR) is 112 cm³/mol. The van der Waals surface area contributed by atoms with E-state index >= 15 is 0 Å². The fourth-order valence-electron chi connectivity index (χ4n) is 3.36. The second-order valence-corrected chi connectivity index (χ2v) is 8.58. The quantitative estimate of drug-likeness (QED) is 0.701. The summed E-state index contributed by atoms with van der Waals surface area (Å²) in [7, 11) is 1.99. The number of benzene rings is 1. The van der Waals surface area contributed by atoms with Gasteiger partial charge in [0, 0.05) is 41.2 Å². The second-order valence-electron chi connectivity index (χ2n) is 7.66. The number of amides is 3. The normalized spacial score (nSPS) is 15.9. The molecule has 1 aromatic carbocycles. The van der Waals surface area contributed by atoms with Crippen LogP contribution in [-0.2, 0) is 18.4 Å². The number of halogens is 1. The molecule has 1 N–H and O–H groups in total. The number of rotatable bonds is 7. The molecule has 2 fully saturated rings. The maximum absolute atomic E-state index is 13.1. The highest BCUT2D eigenvalue weighted by molar-refractivity contribution is 9.10. The van der Waals surface area contributed by atoms with Crippen molar-refractivity contribution in [2.75, 3.05) is 11.9 Å². The molecule has 0 saturated heterocycles. The van der Waals surface area contributed by atoms with E-state index < -0.39 is 0 Å². The number of anilines is 1. The second kappa shape index (κ2) is 7.99. The fourth-order valence-corrected chi connectivity index (χ4v) is 3.62. The Morgan fingerprint density at radius 3 is 2.29 bits per heavy atom. The molecular weight excluding hydrogens is 420 g/mol. The summed E-state index contributed by atoms with van der Waals surface area (Å²) in [4.78, 5) is 29.6. The largest absolute Gasteiger partial charge is 0.353 e. The summed E-state index contributed by atoms with van der Waals surface area (Å²) in [6.07, 6.45) is 6.01. The first-order chi connectivity index (χ1) is 13.5. The summed E-state index contributed by atoms with van der Waals surface area (Å²) in [5.74, 6) is 0.0292. The van der Waals surface area contributed by atoms with E-state index in [0.29, 0.717) is 12.6 Å². The number of hydrogen-bond acceptors (Lipinski definition) is 2. The van der Waals surface area contributed by atoms with Crippen LogP contribution in [0.25, 0.3) is 0 Å². The van der Waals surface area contributed by atoms with Crippen LogP contribution in [0.2, 0.25) is 0 Å². The zero-order chi connectivity index (χ0) is 19.7. The van der Waals surface area contributed by atoms with Crippen LogP contribution in [0.15, 0.2) is 47.1 Å². The topological polar surface area (TPSA) is 57.6 Å². The average Bonchev–Trinajstić information content (AvgIpc) is 3.59. The van der Waals surface area contributed by atoms with Gasteiger partial charge in [0.2, 0.25) is 5.91 Å². The number of nitrogens with zero attached hydrogens (tertiary/aromatic N) is 3. The summed E-state index contributed by atoms with van der Waals surface area (Å²) in [6, 6.07) is 11.8. The minimum Gasteiger partial charge on any atom is -0.353 e. The highest BCUT2D eigenvalue weighted by Gasteiger charge is 2.38. The fraction of sp³-hybridized carbons (Fsp3) is 0.429. The number of carbonyl (C=O) groups is 2. The molecule has 148 valence electrons. The number of urea groups is 1. The molecule has 2 saturated carbocycles. The predicted octanol–water partition coefficient (Wildman–Crippen LogP) is 3.98. The van der Waals surface area contributed by atoms with E-state index in [9.17, 15) is 9.59 Å². The van der Waals surface area contributed by atoms with Crippen molar-refractivity contribution in [2.24, 2.45) is 7.05 Å². The SMILES string of the molecule is Cn1cccc1CN(C(=O)CN(C(=O)Nc1ccc(Br)cc1)C1CC1)C1CC1. The summed E-state index contributed by atoms with van der Waals surface area (Å²) < 4.78 is 3.00. The standard InChI is InChI=1S/C21H25BrN4O2/c1-24-12-2-3-19(24)13-25(17-8-9-17)20(27)14-26(18-10-11-18)21(28)23-16-6-4-15(22)5-7-16/h2-7,12,17-18H,8-11,13-14H2,1H3,(H,23,28). The molecule has 4 rings (SSSR count). The molecule has 0 spiro atoms. The van der Waals surface area contributed by atoms with Gasteiger partial charge < -0.3 is 19.7 Å². The average molecular weight is 445 g/mol. The lowest BCUT2D eigenvalue weighted by atomic mass is 10.3. The minimum atomic E-state index is -0.201. The van der Waals surface area contributed by atoms with E-state index in [1.54, 1.807) is 4.90 Å². The zero-order valence-electron chi connectivity index (χ0n) is 16.0. The molecule has 6 nitrogen and oxygen atoms in total. The Balaban J connectivity index is 1.42. The summed E-state index contributed by atoms with van der Waals surface area (Å²) in [6.45, 7) is 0.730. The summed E-state index contributed by atoms with van der Waals surface area (Å²) in [5, 5.41) is 2.93. The molecule has 1 heterocycles. The van der Waals surface area contributed by atoms with Gasteiger partial charge in [-0.3, -0.25) is 4.79 Å². The molecule has 7 heteroatoms. The van der Waals surface area contributed by atoms with E-state index in [1.165, 1.54) is 0 Å². The van der Waals surface area contributed by atoms with Crippen LogP contribution in [0, 0.1) is 0 Å². The van der Waals surface area contributed by atoms with Crippen molar-refractivity contribution in [1.82, 2.24) is 14.4 Å². The van der Waals surface area contributed by atoms with Crippen LogP contribution in [0.5, 0.6) is 0 Å². The highest BCUT2D eigenvalue weighted by Crippen LogP contribution is 2.31. The van der Waals surface area contributed by atoms with E-state index in [4.69, 9.17) is 0 Å². The van der Waals surface area contributed by atoms with Gasteiger partial charge in [0.05, 0.1) is 6.54 Å². The van der Waals surface area contributed by atoms with Crippen molar-refractivity contribution < 1.29 is 9.59 Å². The molecule has 2 aliphatic rings. The van der Waals surface area contributed by atoms with Crippen LogP contribution in [0.3, 0.4) is 0 Å². The molecule has 2 aromatic rings. The van der Waals surface area contributed by atoms with Gasteiger partial charge in [0.25, 0.3) is 0 Å². The van der Waals surface area contributed by atoms with Gasteiger partial charge in [-0.05, 0) is 62.1 Å². The van der Waals surface area contributed by atoms with Crippen molar-refractivity contribution in [3.8, 4) is 0 Å². The Kier molecular flexibility index (Phi) is 5.44. The number of aromatic nitrogens is 1. The van der Waals surface area contributed by atoms with E-state index in [2.05, 4.69) is 21.2 Å². The lowest BCUT2D eigenvalue weighted by Gasteiger charge is -2.28. The molecule has 1 aromatic heterocycles. The number of hydrogen-bond donors (Lipinski definition) is 1. The number of aryl methyl sites for hydroxylation is 1. The molecule has 28 heavy (non-hydrogen) atoms. The maximum Gasteiger partial charge on any atom is 0.322 e. The van der Waals surface area contributed by atoms with Gasteiger partial charge in [-0.25, -0.2) is 4.79 Å². The third-order valence-electron chi connectivity index (χ3n) is 5.34. The van der Waals surface area contributed by atoms with Crippen LogP contribution in [-0.4, -0.2) is 44.9 Å². The third-order valence-corrected chi connectivity index (χ3v) is 5.87. The third kappa shape index (κ3) is 4.58. The van der Waals surface area contributed by atoms with Crippen LogP contribution < -0.4 is 5.32 Å². The zero-order valence-corrected chi connectivity index (χ0v) is 17.6. The van der Waals surface area contributed by atoms with Gasteiger partial charge in [-0.15, -0.1) is 0 Å². The van der Waals surface area contributed by atoms with Crippen LogP contribution in [0.1, 0.15) is 31.4 Å². The summed E-state index contributed by atoms with van der Waals surface area (Å²) >= 11 is 3.40. The van der Waals surface area contributed by atoms with E-state index in [1.807, 2.05) is 59.1 Å². The molecule has 0 unspecified atom stereocenters. The molecule has 2 aliphatic carbocycles. The van der Waals surface area contributed by atoms with Gasteiger partial charge in [0.1, 0.15) is 6.54 Å². The van der Waals surface area contributed by atoms with Crippen molar-refractivity contribution in [1.29, 1.82) is 0 Å². The summed E-state index contributed by atoms with van der Waals surface area (Å²) in [5.41, 5.74) is 1.84. The van der Waals surface area contributed by atoms with Gasteiger partial charge >= 0.3 is 6.03 Å². The highest BCUT2D eigenvalue weighted by atomic mass is 79.9. The smallest absolute Gasteiger partial charge is 0.322 e. The minimum absolute atomic E-state index is 0.0292. The molecule has 3 amide bonds. The maximum atomic E-state index is 13.1. The molecule has 0 atom stereocenters. The lowest BCUT2D eigenvalue weighted by Crippen LogP contribution is -2.46. The van der Waals surface area contributed by atoms with Gasteiger partial charge in [0.15, 0.2) is 0 Å².